The molecular weight excluding hydrogens is 364 g/mol. The number of anilines is 1. The minimum atomic E-state index is -0.486. The molecule has 0 amide bonds. The van der Waals surface area contributed by atoms with Crippen LogP contribution in [0.3, 0.4) is 0 Å². The summed E-state index contributed by atoms with van der Waals surface area (Å²) >= 11 is 0. The molecule has 4 rings (SSSR count). The first-order valence-corrected chi connectivity index (χ1v) is 9.00. The molecule has 4 aromatic rings. The Hall–Kier alpha value is -4.08. The molecule has 3 N–H and O–H groups in total. The van der Waals surface area contributed by atoms with Crippen molar-refractivity contribution >= 4 is 16.6 Å². The molecule has 6 heteroatoms. The molecular formula is C23H18N4O2. The zero-order valence-corrected chi connectivity index (χ0v) is 15.4. The van der Waals surface area contributed by atoms with Crippen LogP contribution >= 0.6 is 0 Å². The highest BCUT2D eigenvalue weighted by atomic mass is 16.5. The maximum Gasteiger partial charge on any atom is 0.292 e. The fourth-order valence-electron chi connectivity index (χ4n) is 3.38. The number of rotatable bonds is 5. The second-order valence-corrected chi connectivity index (χ2v) is 6.49. The van der Waals surface area contributed by atoms with Crippen molar-refractivity contribution in [2.24, 2.45) is 5.84 Å². The van der Waals surface area contributed by atoms with Crippen molar-refractivity contribution in [1.82, 2.24) is 4.98 Å². The lowest BCUT2D eigenvalue weighted by atomic mass is 9.95. The highest BCUT2D eigenvalue weighted by Gasteiger charge is 2.25. The lowest BCUT2D eigenvalue weighted by molar-refractivity contribution is 0.468. The molecule has 3 aromatic carbocycles. The van der Waals surface area contributed by atoms with Gasteiger partial charge in [-0.1, -0.05) is 48.5 Å². The minimum Gasteiger partial charge on any atom is -0.505 e. The first-order chi connectivity index (χ1) is 14.2. The van der Waals surface area contributed by atoms with Crippen LogP contribution in [0.5, 0.6) is 11.5 Å². The molecule has 142 valence electrons. The fraction of sp³-hybridized carbons (Fsp3) is 0.0435. The number of phenolic OH excluding ortho intramolecular Hbond substituents is 1. The average Bonchev–Trinajstić information content (AvgIpc) is 2.77. The minimum absolute atomic E-state index is 0.0804. The summed E-state index contributed by atoms with van der Waals surface area (Å²) in [6.45, 7) is 0. The van der Waals surface area contributed by atoms with Crippen LogP contribution in [0.25, 0.3) is 10.9 Å². The number of aromatic nitrogens is 1. The summed E-state index contributed by atoms with van der Waals surface area (Å²) in [5.41, 5.74) is 2.75. The number of phenols is 1. The molecule has 6 nitrogen and oxygen atoms in total. The smallest absolute Gasteiger partial charge is 0.292 e. The Kier molecular flexibility index (Phi) is 4.97. The maximum atomic E-state index is 11.0. The van der Waals surface area contributed by atoms with Crippen molar-refractivity contribution in [1.29, 1.82) is 5.26 Å². The van der Waals surface area contributed by atoms with Gasteiger partial charge in [0, 0.05) is 17.1 Å². The summed E-state index contributed by atoms with van der Waals surface area (Å²) in [5.74, 6) is 7.04. The molecule has 0 spiro atoms. The largest absolute Gasteiger partial charge is 0.505 e. The van der Waals surface area contributed by atoms with E-state index in [4.69, 9.17) is 15.8 Å². The highest BCUT2D eigenvalue weighted by molar-refractivity contribution is 5.86. The molecule has 0 radical (unpaired) electrons. The Labute approximate surface area is 168 Å². The zero-order valence-electron chi connectivity index (χ0n) is 15.4. The third-order valence-electron chi connectivity index (χ3n) is 4.77. The van der Waals surface area contributed by atoms with Crippen molar-refractivity contribution in [3.8, 4) is 17.8 Å². The molecule has 0 saturated heterocycles. The van der Waals surface area contributed by atoms with Crippen molar-refractivity contribution in [3.05, 3.63) is 96.2 Å². The van der Waals surface area contributed by atoms with Gasteiger partial charge in [0.05, 0.1) is 11.7 Å². The van der Waals surface area contributed by atoms with E-state index in [0.29, 0.717) is 16.8 Å². The molecule has 29 heavy (non-hydrogen) atoms. The second kappa shape index (κ2) is 7.89. The predicted octanol–water partition coefficient (Wildman–Crippen LogP) is 4.27. The summed E-state index contributed by atoms with van der Waals surface area (Å²) < 4.78 is 4.87. The second-order valence-electron chi connectivity index (χ2n) is 6.49. The van der Waals surface area contributed by atoms with Crippen molar-refractivity contribution in [2.75, 3.05) is 5.01 Å². The number of pyridine rings is 1. The number of hydrogen-bond acceptors (Lipinski definition) is 6. The molecule has 1 heterocycles. The number of para-hydroxylation sites is 1. The lowest BCUT2D eigenvalue weighted by Gasteiger charge is -2.31. The molecule has 0 bridgehead atoms. The van der Waals surface area contributed by atoms with Crippen molar-refractivity contribution in [3.63, 3.8) is 0 Å². The molecule has 0 aliphatic rings. The van der Waals surface area contributed by atoms with E-state index in [9.17, 15) is 5.11 Å². The zero-order chi connectivity index (χ0) is 20.2. The van der Waals surface area contributed by atoms with Gasteiger partial charge in [0.25, 0.3) is 6.26 Å². The summed E-state index contributed by atoms with van der Waals surface area (Å²) in [7, 11) is 0. The molecule has 0 aliphatic heterocycles. The van der Waals surface area contributed by atoms with Crippen LogP contribution in [0.1, 0.15) is 17.2 Å². The van der Waals surface area contributed by atoms with Crippen LogP contribution in [0.15, 0.2) is 85.1 Å². The normalized spacial score (nSPS) is 11.6. The Morgan fingerprint density at radius 2 is 1.72 bits per heavy atom. The van der Waals surface area contributed by atoms with E-state index in [1.54, 1.807) is 29.6 Å². The molecule has 1 atom stereocenters. The summed E-state index contributed by atoms with van der Waals surface area (Å²) in [4.78, 5) is 4.32. The highest BCUT2D eigenvalue weighted by Crippen LogP contribution is 2.38. The van der Waals surface area contributed by atoms with Crippen molar-refractivity contribution < 1.29 is 9.84 Å². The number of hydrogen-bond donors (Lipinski definition) is 2. The first kappa shape index (κ1) is 18.3. The SMILES string of the molecule is N#COc1ccc(C(c2ccc3cccnc3c2O)N(N)c2ccccc2)cc1. The van der Waals surface area contributed by atoms with Crippen molar-refractivity contribution in [2.45, 2.75) is 6.04 Å². The summed E-state index contributed by atoms with van der Waals surface area (Å²) in [6.07, 6.45) is 3.30. The predicted molar refractivity (Wildman–Crippen MR) is 111 cm³/mol. The number of ether oxygens (including phenoxy) is 1. The van der Waals surface area contributed by atoms with Crippen LogP contribution in [-0.2, 0) is 0 Å². The van der Waals surface area contributed by atoms with Crippen LogP contribution in [0.2, 0.25) is 0 Å². The van der Waals surface area contributed by atoms with Gasteiger partial charge in [-0.2, -0.15) is 0 Å². The van der Waals surface area contributed by atoms with Gasteiger partial charge in [-0.05, 0) is 35.9 Å². The van der Waals surface area contributed by atoms with E-state index < -0.39 is 6.04 Å². The van der Waals surface area contributed by atoms with Gasteiger partial charge >= 0.3 is 0 Å². The lowest BCUT2D eigenvalue weighted by Crippen LogP contribution is -2.36. The fourth-order valence-corrected chi connectivity index (χ4v) is 3.38. The number of hydrazine groups is 1. The number of benzene rings is 3. The van der Waals surface area contributed by atoms with E-state index in [1.807, 2.05) is 66.7 Å². The number of nitrogens with zero attached hydrogens (tertiary/aromatic N) is 3. The number of fused-ring (bicyclic) bond motifs is 1. The quantitative estimate of drug-likeness (QED) is 0.304. The van der Waals surface area contributed by atoms with E-state index in [0.717, 1.165) is 16.6 Å². The monoisotopic (exact) mass is 382 g/mol. The van der Waals surface area contributed by atoms with E-state index in [-0.39, 0.29) is 5.75 Å². The first-order valence-electron chi connectivity index (χ1n) is 9.00. The van der Waals surface area contributed by atoms with Crippen LogP contribution < -0.4 is 15.6 Å². The number of aromatic hydroxyl groups is 1. The third-order valence-corrected chi connectivity index (χ3v) is 4.77. The molecule has 0 saturated carbocycles. The Balaban J connectivity index is 1.86. The van der Waals surface area contributed by atoms with E-state index >= 15 is 0 Å². The summed E-state index contributed by atoms with van der Waals surface area (Å²) in [6, 6.07) is 23.5. The Bertz CT molecular complexity index is 1170. The topological polar surface area (TPSA) is 95.4 Å². The van der Waals surface area contributed by atoms with Crippen LogP contribution in [0, 0.1) is 11.5 Å². The van der Waals surface area contributed by atoms with Crippen LogP contribution in [-0.4, -0.2) is 10.1 Å². The Morgan fingerprint density at radius 1 is 0.966 bits per heavy atom. The average molecular weight is 382 g/mol. The van der Waals surface area contributed by atoms with Gasteiger partial charge in [-0.25, -0.2) is 5.84 Å². The van der Waals surface area contributed by atoms with Gasteiger partial charge in [0.15, 0.2) is 0 Å². The standard InChI is InChI=1S/C23H18N4O2/c24-15-29-19-11-8-17(9-12-19)22(27(25)18-6-2-1-3-7-18)20-13-10-16-5-4-14-26-21(16)23(20)28/h1-14,22,28H,25H2. The van der Waals surface area contributed by atoms with Gasteiger partial charge < -0.3 is 9.84 Å². The molecule has 0 fully saturated rings. The van der Waals surface area contributed by atoms with Gasteiger partial charge in [-0.3, -0.25) is 9.99 Å². The number of nitrogens with two attached hydrogens (primary N) is 1. The molecule has 0 aliphatic carbocycles. The van der Waals surface area contributed by atoms with E-state index in [1.165, 1.54) is 0 Å². The van der Waals surface area contributed by atoms with Gasteiger partial charge in [0.1, 0.15) is 17.0 Å². The van der Waals surface area contributed by atoms with Gasteiger partial charge in [0.2, 0.25) is 0 Å². The number of nitriles is 1. The summed E-state index contributed by atoms with van der Waals surface area (Å²) in [5, 5.41) is 22.2. The third kappa shape index (κ3) is 3.55. The Morgan fingerprint density at radius 3 is 2.45 bits per heavy atom. The van der Waals surface area contributed by atoms with Crippen LogP contribution in [0.4, 0.5) is 5.69 Å². The van der Waals surface area contributed by atoms with Gasteiger partial charge in [-0.15, -0.1) is 5.26 Å². The molecule has 1 unspecified atom stereocenters. The molecule has 1 aromatic heterocycles. The van der Waals surface area contributed by atoms with E-state index in [2.05, 4.69) is 4.98 Å². The maximum absolute atomic E-state index is 11.0.